The number of aromatic carboxylic acids is 1. The lowest BCUT2D eigenvalue weighted by molar-refractivity contribution is 0.0697. The van der Waals surface area contributed by atoms with Crippen LogP contribution in [0, 0.1) is 18.6 Å². The van der Waals surface area contributed by atoms with Gasteiger partial charge in [-0.05, 0) is 30.7 Å². The van der Waals surface area contributed by atoms with Crippen molar-refractivity contribution in [1.82, 2.24) is 0 Å². The average Bonchev–Trinajstić information content (AvgIpc) is 2.36. The monoisotopic (exact) mass is 327 g/mol. The van der Waals surface area contributed by atoms with E-state index in [1.54, 1.807) is 0 Å². The third kappa shape index (κ3) is 3.06. The molecule has 0 aliphatic rings. The number of anilines is 1. The molecule has 0 radical (unpaired) electrons. The average molecular weight is 327 g/mol. The predicted molar refractivity (Wildman–Crippen MR) is 75.3 cm³/mol. The van der Waals surface area contributed by atoms with Gasteiger partial charge in [-0.2, -0.15) is 0 Å². The molecule has 0 aliphatic carbocycles. The minimum atomic E-state index is -4.39. The second-order valence-corrected chi connectivity index (χ2v) is 6.13. The van der Waals surface area contributed by atoms with E-state index in [1.165, 1.54) is 25.1 Å². The normalized spacial score (nSPS) is 11.2. The molecule has 0 spiro atoms. The Morgan fingerprint density at radius 1 is 1.18 bits per heavy atom. The summed E-state index contributed by atoms with van der Waals surface area (Å²) in [6.07, 6.45) is 0. The van der Waals surface area contributed by atoms with Crippen LogP contribution in [-0.4, -0.2) is 19.5 Å². The van der Waals surface area contributed by atoms with Crippen molar-refractivity contribution >= 4 is 21.7 Å². The Morgan fingerprint density at radius 3 is 2.45 bits per heavy atom. The van der Waals surface area contributed by atoms with Crippen molar-refractivity contribution in [2.75, 3.05) is 4.72 Å². The summed E-state index contributed by atoms with van der Waals surface area (Å²) >= 11 is 0. The van der Waals surface area contributed by atoms with Crippen LogP contribution < -0.4 is 4.72 Å². The molecular formula is C14H11F2NO4S. The third-order valence-corrected chi connectivity index (χ3v) is 4.31. The van der Waals surface area contributed by atoms with E-state index in [2.05, 4.69) is 0 Å². The number of benzene rings is 2. The van der Waals surface area contributed by atoms with Gasteiger partial charge in [0.15, 0.2) is 0 Å². The molecule has 0 saturated carbocycles. The van der Waals surface area contributed by atoms with Crippen LogP contribution in [0.2, 0.25) is 0 Å². The van der Waals surface area contributed by atoms with Crippen LogP contribution in [0.4, 0.5) is 14.5 Å². The molecule has 5 nitrogen and oxygen atoms in total. The van der Waals surface area contributed by atoms with Crippen molar-refractivity contribution in [2.24, 2.45) is 0 Å². The van der Waals surface area contributed by atoms with Crippen molar-refractivity contribution in [3.8, 4) is 0 Å². The van der Waals surface area contributed by atoms with E-state index in [-0.39, 0.29) is 11.3 Å². The molecule has 0 atom stereocenters. The highest BCUT2D eigenvalue weighted by Gasteiger charge is 2.23. The molecule has 2 aromatic rings. The summed E-state index contributed by atoms with van der Waals surface area (Å²) in [6.45, 7) is 1.50. The number of hydrogen-bond donors (Lipinski definition) is 2. The van der Waals surface area contributed by atoms with E-state index in [9.17, 15) is 22.0 Å². The number of carbonyl (C=O) groups is 1. The van der Waals surface area contributed by atoms with Crippen molar-refractivity contribution in [2.45, 2.75) is 11.8 Å². The van der Waals surface area contributed by atoms with Gasteiger partial charge >= 0.3 is 5.97 Å². The van der Waals surface area contributed by atoms with Gasteiger partial charge in [0.1, 0.15) is 16.5 Å². The van der Waals surface area contributed by atoms with Crippen LogP contribution in [0.3, 0.4) is 0 Å². The van der Waals surface area contributed by atoms with E-state index in [1.807, 2.05) is 4.72 Å². The quantitative estimate of drug-likeness (QED) is 0.904. The molecule has 0 fully saturated rings. The summed E-state index contributed by atoms with van der Waals surface area (Å²) in [5, 5.41) is 9.15. The highest BCUT2D eigenvalue weighted by atomic mass is 32.2. The zero-order valence-electron chi connectivity index (χ0n) is 11.3. The van der Waals surface area contributed by atoms with Gasteiger partial charge in [0.05, 0.1) is 11.3 Å². The molecule has 0 aliphatic heterocycles. The SMILES string of the molecule is Cc1cccc(NS(=O)(=O)c2ccc(F)cc2F)c1C(=O)O. The fourth-order valence-corrected chi connectivity index (χ4v) is 3.06. The second-order valence-electron chi connectivity index (χ2n) is 4.48. The highest BCUT2D eigenvalue weighted by molar-refractivity contribution is 7.92. The number of rotatable bonds is 4. The maximum Gasteiger partial charge on any atom is 0.338 e. The third-order valence-electron chi connectivity index (χ3n) is 2.91. The smallest absolute Gasteiger partial charge is 0.338 e. The van der Waals surface area contributed by atoms with Crippen molar-refractivity contribution in [3.05, 3.63) is 59.2 Å². The number of nitrogens with one attached hydrogen (secondary N) is 1. The Labute approximate surface area is 125 Å². The van der Waals surface area contributed by atoms with Crippen LogP contribution in [-0.2, 0) is 10.0 Å². The van der Waals surface area contributed by atoms with E-state index >= 15 is 0 Å². The summed E-state index contributed by atoms with van der Waals surface area (Å²) in [5.41, 5.74) is -0.0999. The van der Waals surface area contributed by atoms with Crippen molar-refractivity contribution in [1.29, 1.82) is 0 Å². The number of sulfonamides is 1. The van der Waals surface area contributed by atoms with Gasteiger partial charge in [0.2, 0.25) is 0 Å². The standard InChI is InChI=1S/C14H11F2NO4S/c1-8-3-2-4-11(13(8)14(18)19)17-22(20,21)12-6-5-9(15)7-10(12)16/h2-7,17H,1H3,(H,18,19). The molecule has 0 heterocycles. The van der Waals surface area contributed by atoms with Crippen LogP contribution in [0.5, 0.6) is 0 Å². The molecule has 2 aromatic carbocycles. The largest absolute Gasteiger partial charge is 0.478 e. The molecule has 116 valence electrons. The molecular weight excluding hydrogens is 316 g/mol. The molecule has 0 bridgehead atoms. The molecule has 8 heteroatoms. The fraction of sp³-hybridized carbons (Fsp3) is 0.0714. The van der Waals surface area contributed by atoms with Gasteiger partial charge in [-0.1, -0.05) is 12.1 Å². The molecule has 2 N–H and O–H groups in total. The zero-order chi connectivity index (χ0) is 16.5. The van der Waals surface area contributed by atoms with Gasteiger partial charge < -0.3 is 5.11 Å². The van der Waals surface area contributed by atoms with E-state index < -0.39 is 32.5 Å². The molecule has 0 unspecified atom stereocenters. The van der Waals surface area contributed by atoms with E-state index in [0.29, 0.717) is 11.6 Å². The minimum Gasteiger partial charge on any atom is -0.478 e. The Bertz CT molecular complexity index is 850. The number of aryl methyl sites for hydroxylation is 1. The van der Waals surface area contributed by atoms with Crippen molar-refractivity contribution in [3.63, 3.8) is 0 Å². The lowest BCUT2D eigenvalue weighted by Crippen LogP contribution is -2.17. The number of halogens is 2. The van der Waals surface area contributed by atoms with Crippen molar-refractivity contribution < 1.29 is 27.1 Å². The molecule has 0 saturated heterocycles. The lowest BCUT2D eigenvalue weighted by Gasteiger charge is -2.12. The summed E-state index contributed by atoms with van der Waals surface area (Å²) in [6, 6.07) is 6.20. The summed E-state index contributed by atoms with van der Waals surface area (Å²) in [5.74, 6) is -3.51. The zero-order valence-corrected chi connectivity index (χ0v) is 12.1. The Kier molecular flexibility index (Phi) is 4.14. The Balaban J connectivity index is 2.50. The summed E-state index contributed by atoms with van der Waals surface area (Å²) < 4.78 is 52.8. The topological polar surface area (TPSA) is 83.5 Å². The maximum atomic E-state index is 13.6. The first-order valence-corrected chi connectivity index (χ1v) is 7.51. The molecule has 0 aromatic heterocycles. The summed E-state index contributed by atoms with van der Waals surface area (Å²) in [7, 11) is -4.39. The van der Waals surface area contributed by atoms with Gasteiger partial charge in [-0.15, -0.1) is 0 Å². The minimum absolute atomic E-state index is 0.198. The molecule has 22 heavy (non-hydrogen) atoms. The first kappa shape index (κ1) is 15.9. The molecule has 2 rings (SSSR count). The maximum absolute atomic E-state index is 13.6. The van der Waals surface area contributed by atoms with E-state index in [4.69, 9.17) is 5.11 Å². The number of carboxylic acids is 1. The lowest BCUT2D eigenvalue weighted by atomic mass is 10.1. The van der Waals surface area contributed by atoms with E-state index in [0.717, 1.165) is 12.1 Å². The van der Waals surface area contributed by atoms with Gasteiger partial charge in [0.25, 0.3) is 10.0 Å². The second kappa shape index (κ2) is 5.72. The fourth-order valence-electron chi connectivity index (χ4n) is 1.93. The first-order chi connectivity index (χ1) is 10.2. The van der Waals surface area contributed by atoms with Gasteiger partial charge in [-0.25, -0.2) is 22.0 Å². The van der Waals surface area contributed by atoms with Crippen LogP contribution in [0.25, 0.3) is 0 Å². The Hall–Kier alpha value is -2.48. The summed E-state index contributed by atoms with van der Waals surface area (Å²) in [4.78, 5) is 10.4. The Morgan fingerprint density at radius 2 is 1.86 bits per heavy atom. The van der Waals surface area contributed by atoms with Crippen LogP contribution in [0.15, 0.2) is 41.3 Å². The highest BCUT2D eigenvalue weighted by Crippen LogP contribution is 2.24. The number of carboxylic acid groups (broad SMARTS) is 1. The number of hydrogen-bond acceptors (Lipinski definition) is 3. The van der Waals surface area contributed by atoms with Gasteiger partial charge in [0, 0.05) is 6.07 Å². The van der Waals surface area contributed by atoms with Crippen LogP contribution >= 0.6 is 0 Å². The first-order valence-electron chi connectivity index (χ1n) is 6.03. The van der Waals surface area contributed by atoms with Gasteiger partial charge in [-0.3, -0.25) is 4.72 Å². The van der Waals surface area contributed by atoms with Crippen LogP contribution in [0.1, 0.15) is 15.9 Å². The molecule has 0 amide bonds. The predicted octanol–water partition coefficient (Wildman–Crippen LogP) is 2.77.